The normalized spacial score (nSPS) is 21.0. The second-order valence-corrected chi connectivity index (χ2v) is 6.11. The van der Waals surface area contributed by atoms with Crippen LogP contribution in [-0.4, -0.2) is 22.4 Å². The molecular formula is C15H16ClFN2O2. The van der Waals surface area contributed by atoms with Gasteiger partial charge in [-0.3, -0.25) is 10.1 Å². The van der Waals surface area contributed by atoms with Crippen LogP contribution in [0.15, 0.2) is 18.2 Å². The Balaban J connectivity index is 1.91. The van der Waals surface area contributed by atoms with Crippen LogP contribution < -0.4 is 5.32 Å². The van der Waals surface area contributed by atoms with E-state index in [1.165, 1.54) is 11.0 Å². The van der Waals surface area contributed by atoms with E-state index in [0.29, 0.717) is 23.4 Å². The largest absolute Gasteiger partial charge is 0.325 e. The number of nitrogens with one attached hydrogen (secondary N) is 1. The van der Waals surface area contributed by atoms with Gasteiger partial charge in [-0.05, 0) is 25.0 Å². The zero-order valence-electron chi connectivity index (χ0n) is 11.5. The molecule has 1 heterocycles. The Labute approximate surface area is 127 Å². The minimum Gasteiger partial charge on any atom is -0.305 e. The lowest BCUT2D eigenvalue weighted by molar-refractivity contribution is -0.128. The molecule has 0 atom stereocenters. The van der Waals surface area contributed by atoms with Crippen molar-refractivity contribution in [3.63, 3.8) is 0 Å². The number of benzene rings is 1. The van der Waals surface area contributed by atoms with Crippen molar-refractivity contribution in [1.82, 2.24) is 10.2 Å². The summed E-state index contributed by atoms with van der Waals surface area (Å²) >= 11 is 5.74. The third kappa shape index (κ3) is 2.39. The number of carbonyl (C=O) groups excluding carboxylic acids is 2. The van der Waals surface area contributed by atoms with Crippen molar-refractivity contribution in [1.29, 1.82) is 0 Å². The molecule has 112 valence electrons. The first-order valence-electron chi connectivity index (χ1n) is 7.10. The summed E-state index contributed by atoms with van der Waals surface area (Å²) in [4.78, 5) is 25.8. The number of urea groups is 1. The first-order chi connectivity index (χ1) is 10.0. The van der Waals surface area contributed by atoms with Gasteiger partial charge in [-0.15, -0.1) is 0 Å². The highest BCUT2D eigenvalue weighted by molar-refractivity contribution is 6.30. The molecule has 1 saturated carbocycles. The fourth-order valence-electron chi connectivity index (χ4n) is 3.27. The molecule has 1 aliphatic heterocycles. The number of rotatable bonds is 2. The number of carbonyl (C=O) groups is 2. The van der Waals surface area contributed by atoms with E-state index in [-0.39, 0.29) is 12.5 Å². The number of nitrogens with zero attached hydrogens (tertiary/aromatic N) is 1. The van der Waals surface area contributed by atoms with Crippen molar-refractivity contribution in [3.05, 3.63) is 34.6 Å². The van der Waals surface area contributed by atoms with E-state index >= 15 is 0 Å². The molecule has 1 aromatic carbocycles. The Morgan fingerprint density at radius 3 is 2.62 bits per heavy atom. The van der Waals surface area contributed by atoms with Gasteiger partial charge in [0.05, 0.1) is 6.54 Å². The van der Waals surface area contributed by atoms with E-state index in [2.05, 4.69) is 5.32 Å². The molecule has 0 unspecified atom stereocenters. The van der Waals surface area contributed by atoms with E-state index in [4.69, 9.17) is 11.6 Å². The predicted octanol–water partition coefficient (Wildman–Crippen LogP) is 3.23. The van der Waals surface area contributed by atoms with Crippen LogP contribution in [0.2, 0.25) is 5.02 Å². The average molecular weight is 311 g/mol. The van der Waals surface area contributed by atoms with Crippen molar-refractivity contribution >= 4 is 23.5 Å². The molecule has 0 aromatic heterocycles. The molecule has 21 heavy (non-hydrogen) atoms. The van der Waals surface area contributed by atoms with E-state index in [9.17, 15) is 14.0 Å². The summed E-state index contributed by atoms with van der Waals surface area (Å²) in [6, 6.07) is 3.93. The van der Waals surface area contributed by atoms with Crippen molar-refractivity contribution < 1.29 is 14.0 Å². The van der Waals surface area contributed by atoms with Gasteiger partial charge in [-0.25, -0.2) is 9.18 Å². The van der Waals surface area contributed by atoms with Crippen LogP contribution in [0.5, 0.6) is 0 Å². The third-order valence-electron chi connectivity index (χ3n) is 4.43. The van der Waals surface area contributed by atoms with Crippen LogP contribution in [0.1, 0.15) is 37.7 Å². The second-order valence-electron chi connectivity index (χ2n) is 5.67. The molecule has 3 rings (SSSR count). The molecule has 1 spiro atoms. The summed E-state index contributed by atoms with van der Waals surface area (Å²) < 4.78 is 14.0. The molecule has 1 aliphatic carbocycles. The summed E-state index contributed by atoms with van der Waals surface area (Å²) in [5.41, 5.74) is -0.435. The van der Waals surface area contributed by atoms with Crippen molar-refractivity contribution in [2.45, 2.75) is 44.2 Å². The summed E-state index contributed by atoms with van der Waals surface area (Å²) in [6.45, 7) is 0.0839. The Bertz CT molecular complexity index is 599. The monoisotopic (exact) mass is 310 g/mol. The van der Waals surface area contributed by atoms with Gasteiger partial charge in [-0.1, -0.05) is 36.9 Å². The van der Waals surface area contributed by atoms with E-state index < -0.39 is 17.4 Å². The van der Waals surface area contributed by atoms with Gasteiger partial charge < -0.3 is 4.90 Å². The molecule has 1 saturated heterocycles. The smallest absolute Gasteiger partial charge is 0.305 e. The van der Waals surface area contributed by atoms with Crippen LogP contribution in [-0.2, 0) is 11.3 Å². The number of halogens is 2. The maximum atomic E-state index is 14.0. The fourth-order valence-corrected chi connectivity index (χ4v) is 3.43. The maximum Gasteiger partial charge on any atom is 0.325 e. The first-order valence-corrected chi connectivity index (χ1v) is 7.48. The molecule has 0 bridgehead atoms. The van der Waals surface area contributed by atoms with Crippen molar-refractivity contribution in [3.8, 4) is 0 Å². The van der Waals surface area contributed by atoms with Gasteiger partial charge in [0.1, 0.15) is 11.4 Å². The average Bonchev–Trinajstić information content (AvgIpc) is 2.67. The summed E-state index contributed by atoms with van der Waals surface area (Å²) in [7, 11) is 0. The molecule has 2 fully saturated rings. The van der Waals surface area contributed by atoms with Gasteiger partial charge in [0.25, 0.3) is 5.91 Å². The first kappa shape index (κ1) is 14.3. The predicted molar refractivity (Wildman–Crippen MR) is 76.3 cm³/mol. The lowest BCUT2D eigenvalue weighted by Crippen LogP contribution is -2.50. The lowest BCUT2D eigenvalue weighted by atomic mass is 9.80. The molecule has 4 nitrogen and oxygen atoms in total. The number of imide groups is 1. The molecule has 2 aliphatic rings. The summed E-state index contributed by atoms with van der Waals surface area (Å²) in [5, 5.41) is 2.69. The summed E-state index contributed by atoms with van der Waals surface area (Å²) in [5.74, 6) is -0.706. The van der Waals surface area contributed by atoms with E-state index in [0.717, 1.165) is 19.3 Å². The van der Waals surface area contributed by atoms with Crippen molar-refractivity contribution in [2.75, 3.05) is 0 Å². The fraction of sp³-hybridized carbons (Fsp3) is 0.467. The molecular weight excluding hydrogens is 295 g/mol. The molecule has 1 aromatic rings. The van der Waals surface area contributed by atoms with Crippen LogP contribution in [0, 0.1) is 5.82 Å². The van der Waals surface area contributed by atoms with E-state index in [1.54, 1.807) is 12.1 Å². The Morgan fingerprint density at radius 1 is 1.24 bits per heavy atom. The SMILES string of the molecule is O=C1NC(=O)C2(CCCCC2)N1Cc1ccc(Cl)cc1F. The highest BCUT2D eigenvalue weighted by atomic mass is 35.5. The van der Waals surface area contributed by atoms with Crippen LogP contribution in [0.3, 0.4) is 0 Å². The highest BCUT2D eigenvalue weighted by Crippen LogP contribution is 2.38. The lowest BCUT2D eigenvalue weighted by Gasteiger charge is -2.38. The summed E-state index contributed by atoms with van der Waals surface area (Å²) in [6.07, 6.45) is 4.15. The molecule has 3 amide bonds. The van der Waals surface area contributed by atoms with E-state index in [1.807, 2.05) is 0 Å². The molecule has 1 N–H and O–H groups in total. The second kappa shape index (κ2) is 5.30. The van der Waals surface area contributed by atoms with Crippen LogP contribution in [0.25, 0.3) is 0 Å². The Kier molecular flexibility index (Phi) is 3.61. The van der Waals surface area contributed by atoms with Gasteiger partial charge in [0, 0.05) is 10.6 Å². The minimum atomic E-state index is -0.804. The van der Waals surface area contributed by atoms with Gasteiger partial charge in [0.15, 0.2) is 0 Å². The third-order valence-corrected chi connectivity index (χ3v) is 4.66. The van der Waals surface area contributed by atoms with Gasteiger partial charge in [0.2, 0.25) is 0 Å². The Hall–Kier alpha value is -1.62. The number of hydrogen-bond donors (Lipinski definition) is 1. The van der Waals surface area contributed by atoms with Crippen LogP contribution in [0.4, 0.5) is 9.18 Å². The zero-order chi connectivity index (χ0) is 15.0. The molecule has 6 heteroatoms. The maximum absolute atomic E-state index is 14.0. The number of hydrogen-bond acceptors (Lipinski definition) is 2. The quantitative estimate of drug-likeness (QED) is 0.853. The standard InChI is InChI=1S/C15H16ClFN2O2/c16-11-5-4-10(12(17)8-11)9-19-14(21)18-13(20)15(19)6-2-1-3-7-15/h4-5,8H,1-3,6-7,9H2,(H,18,20,21). The zero-order valence-corrected chi connectivity index (χ0v) is 12.3. The minimum absolute atomic E-state index is 0.0839. The highest BCUT2D eigenvalue weighted by Gasteiger charge is 2.52. The van der Waals surface area contributed by atoms with Gasteiger partial charge in [-0.2, -0.15) is 0 Å². The topological polar surface area (TPSA) is 49.4 Å². The number of amides is 3. The van der Waals surface area contributed by atoms with Gasteiger partial charge >= 0.3 is 6.03 Å². The van der Waals surface area contributed by atoms with Crippen molar-refractivity contribution in [2.24, 2.45) is 0 Å². The van der Waals surface area contributed by atoms with Crippen LogP contribution >= 0.6 is 11.6 Å². The molecule has 0 radical (unpaired) electrons. The Morgan fingerprint density at radius 2 is 1.95 bits per heavy atom.